The zero-order chi connectivity index (χ0) is 17.3. The number of fused-ring (bicyclic) bond motifs is 1. The molecular weight excluding hydrogens is 312 g/mol. The largest absolute Gasteiger partial charge is 0.508 e. The molecule has 1 unspecified atom stereocenters. The van der Waals surface area contributed by atoms with Crippen molar-refractivity contribution in [2.45, 2.75) is 13.0 Å². The molecule has 1 atom stereocenters. The minimum atomic E-state index is -1.14. The van der Waals surface area contributed by atoms with Crippen LogP contribution in [0.5, 0.6) is 5.75 Å². The maximum atomic E-state index is 14.3. The molecule has 3 nitrogen and oxygen atoms in total. The number of aromatic hydroxyl groups is 1. The first-order valence-corrected chi connectivity index (χ1v) is 7.40. The smallest absolute Gasteiger partial charge is 0.217 e. The minimum absolute atomic E-state index is 0.143. The summed E-state index contributed by atoms with van der Waals surface area (Å²) in [7, 11) is 0. The topological polar surface area (TPSA) is 49.3 Å². The quantitative estimate of drug-likeness (QED) is 0.762. The van der Waals surface area contributed by atoms with Gasteiger partial charge >= 0.3 is 0 Å². The molecular formula is C19H15F2NO2. The molecule has 0 saturated carbocycles. The first kappa shape index (κ1) is 15.9. The predicted octanol–water partition coefficient (Wildman–Crippen LogP) is 4.05. The zero-order valence-electron chi connectivity index (χ0n) is 12.9. The van der Waals surface area contributed by atoms with Gasteiger partial charge in [-0.05, 0) is 29.0 Å². The van der Waals surface area contributed by atoms with Crippen LogP contribution in [-0.2, 0) is 4.79 Å². The standard InChI is InChI=1S/C19H15F2NO2/c1-11(23)22-19(18-14(20)7-4-8-15(18)21)17-13-6-3-2-5-12(13)9-10-16(17)24/h2-10,19,24H,1H3,(H,22,23). The minimum Gasteiger partial charge on any atom is -0.508 e. The molecule has 0 saturated heterocycles. The second-order valence-corrected chi connectivity index (χ2v) is 5.49. The molecule has 24 heavy (non-hydrogen) atoms. The maximum absolute atomic E-state index is 14.3. The van der Waals surface area contributed by atoms with E-state index in [0.29, 0.717) is 5.39 Å². The summed E-state index contributed by atoms with van der Waals surface area (Å²) in [5.41, 5.74) is -0.0494. The number of phenols is 1. The Kier molecular flexibility index (Phi) is 4.16. The number of amides is 1. The normalized spacial score (nSPS) is 12.1. The lowest BCUT2D eigenvalue weighted by Crippen LogP contribution is -2.28. The summed E-state index contributed by atoms with van der Waals surface area (Å²) >= 11 is 0. The number of hydrogen-bond donors (Lipinski definition) is 2. The molecule has 3 aromatic carbocycles. The summed E-state index contributed by atoms with van der Waals surface area (Å²) in [6.07, 6.45) is 0. The van der Waals surface area contributed by atoms with Gasteiger partial charge in [-0.1, -0.05) is 36.4 Å². The van der Waals surface area contributed by atoms with E-state index >= 15 is 0 Å². The highest BCUT2D eigenvalue weighted by Crippen LogP contribution is 2.37. The van der Waals surface area contributed by atoms with E-state index in [1.807, 2.05) is 12.1 Å². The first-order chi connectivity index (χ1) is 11.5. The zero-order valence-corrected chi connectivity index (χ0v) is 12.9. The summed E-state index contributed by atoms with van der Waals surface area (Å²) in [6.45, 7) is 1.26. The Morgan fingerprint density at radius 1 is 0.958 bits per heavy atom. The molecule has 1 amide bonds. The summed E-state index contributed by atoms with van der Waals surface area (Å²) in [6, 6.07) is 12.6. The van der Waals surface area contributed by atoms with E-state index in [-0.39, 0.29) is 16.9 Å². The fourth-order valence-electron chi connectivity index (χ4n) is 2.87. The van der Waals surface area contributed by atoms with Crippen LogP contribution in [0.1, 0.15) is 24.1 Å². The number of phenolic OH excluding ortho intramolecular Hbond substituents is 1. The lowest BCUT2D eigenvalue weighted by Gasteiger charge is -2.22. The average molecular weight is 327 g/mol. The van der Waals surface area contributed by atoms with Crippen LogP contribution >= 0.6 is 0 Å². The van der Waals surface area contributed by atoms with E-state index in [0.717, 1.165) is 17.5 Å². The van der Waals surface area contributed by atoms with Crippen molar-refractivity contribution in [3.63, 3.8) is 0 Å². The highest BCUT2D eigenvalue weighted by molar-refractivity contribution is 5.89. The van der Waals surface area contributed by atoms with Gasteiger partial charge in [0.1, 0.15) is 17.4 Å². The van der Waals surface area contributed by atoms with Crippen LogP contribution in [0.2, 0.25) is 0 Å². The van der Waals surface area contributed by atoms with Crippen molar-refractivity contribution in [2.24, 2.45) is 0 Å². The SMILES string of the molecule is CC(=O)NC(c1c(F)cccc1F)c1c(O)ccc2ccccc12. The third kappa shape index (κ3) is 2.80. The van der Waals surface area contributed by atoms with Crippen LogP contribution in [-0.4, -0.2) is 11.0 Å². The van der Waals surface area contributed by atoms with E-state index in [2.05, 4.69) is 5.32 Å². The van der Waals surface area contributed by atoms with Crippen LogP contribution in [0, 0.1) is 11.6 Å². The molecule has 0 aliphatic carbocycles. The predicted molar refractivity (Wildman–Crippen MR) is 87.6 cm³/mol. The molecule has 0 aliphatic rings. The van der Waals surface area contributed by atoms with Crippen molar-refractivity contribution in [2.75, 3.05) is 0 Å². The molecule has 0 aliphatic heterocycles. The molecule has 0 bridgehead atoms. The Hall–Kier alpha value is -2.95. The second kappa shape index (κ2) is 6.28. The van der Waals surface area contributed by atoms with E-state index < -0.39 is 23.6 Å². The van der Waals surface area contributed by atoms with E-state index in [4.69, 9.17) is 0 Å². The Morgan fingerprint density at radius 2 is 1.62 bits per heavy atom. The number of rotatable bonds is 3. The van der Waals surface area contributed by atoms with Gasteiger partial charge < -0.3 is 10.4 Å². The average Bonchev–Trinajstić information content (AvgIpc) is 2.53. The molecule has 0 spiro atoms. The van der Waals surface area contributed by atoms with Crippen molar-refractivity contribution in [3.8, 4) is 5.75 Å². The van der Waals surface area contributed by atoms with E-state index in [9.17, 15) is 18.7 Å². The van der Waals surface area contributed by atoms with Gasteiger partial charge in [0.05, 0.1) is 11.6 Å². The highest BCUT2D eigenvalue weighted by atomic mass is 19.1. The van der Waals surface area contributed by atoms with Gasteiger partial charge in [0.15, 0.2) is 0 Å². The van der Waals surface area contributed by atoms with Gasteiger partial charge in [-0.15, -0.1) is 0 Å². The van der Waals surface area contributed by atoms with Crippen LogP contribution in [0.3, 0.4) is 0 Å². The molecule has 0 radical (unpaired) electrons. The fourth-order valence-corrected chi connectivity index (χ4v) is 2.87. The summed E-state index contributed by atoms with van der Waals surface area (Å²) in [5.74, 6) is -2.19. The maximum Gasteiger partial charge on any atom is 0.217 e. The number of benzene rings is 3. The third-order valence-corrected chi connectivity index (χ3v) is 3.87. The van der Waals surface area contributed by atoms with Crippen LogP contribution in [0.15, 0.2) is 54.6 Å². The molecule has 0 aromatic heterocycles. The number of hydrogen-bond acceptors (Lipinski definition) is 2. The van der Waals surface area contributed by atoms with Crippen molar-refractivity contribution in [1.82, 2.24) is 5.32 Å². The van der Waals surface area contributed by atoms with Crippen molar-refractivity contribution in [1.29, 1.82) is 0 Å². The van der Waals surface area contributed by atoms with Gasteiger partial charge in [-0.25, -0.2) is 8.78 Å². The number of nitrogens with one attached hydrogen (secondary N) is 1. The summed E-state index contributed by atoms with van der Waals surface area (Å²) in [4.78, 5) is 11.6. The second-order valence-electron chi connectivity index (χ2n) is 5.49. The number of halogens is 2. The monoisotopic (exact) mass is 327 g/mol. The lowest BCUT2D eigenvalue weighted by molar-refractivity contribution is -0.119. The van der Waals surface area contributed by atoms with Crippen LogP contribution in [0.25, 0.3) is 10.8 Å². The molecule has 122 valence electrons. The Morgan fingerprint density at radius 3 is 2.29 bits per heavy atom. The third-order valence-electron chi connectivity index (χ3n) is 3.87. The van der Waals surface area contributed by atoms with Crippen molar-refractivity contribution >= 4 is 16.7 Å². The fraction of sp³-hybridized carbons (Fsp3) is 0.105. The van der Waals surface area contributed by atoms with E-state index in [1.165, 1.54) is 19.1 Å². The Bertz CT molecular complexity index is 904. The number of carbonyl (C=O) groups is 1. The molecule has 3 aromatic rings. The summed E-state index contributed by atoms with van der Waals surface area (Å²) < 4.78 is 28.6. The van der Waals surface area contributed by atoms with Crippen LogP contribution in [0.4, 0.5) is 8.78 Å². The Balaban J connectivity index is 2.32. The van der Waals surface area contributed by atoms with Crippen LogP contribution < -0.4 is 5.32 Å². The van der Waals surface area contributed by atoms with Gasteiger partial charge in [0.25, 0.3) is 0 Å². The van der Waals surface area contributed by atoms with Gasteiger partial charge in [-0.3, -0.25) is 4.79 Å². The molecule has 3 rings (SSSR count). The summed E-state index contributed by atoms with van der Waals surface area (Å²) in [5, 5.41) is 14.3. The lowest BCUT2D eigenvalue weighted by atomic mass is 9.92. The van der Waals surface area contributed by atoms with Crippen molar-refractivity contribution < 1.29 is 18.7 Å². The van der Waals surface area contributed by atoms with Gasteiger partial charge in [0, 0.05) is 12.5 Å². The van der Waals surface area contributed by atoms with E-state index in [1.54, 1.807) is 18.2 Å². The molecule has 2 N–H and O–H groups in total. The van der Waals surface area contributed by atoms with Gasteiger partial charge in [-0.2, -0.15) is 0 Å². The Labute approximate surface area is 137 Å². The molecule has 5 heteroatoms. The first-order valence-electron chi connectivity index (χ1n) is 7.40. The molecule has 0 heterocycles. The molecule has 0 fully saturated rings. The highest BCUT2D eigenvalue weighted by Gasteiger charge is 2.26. The number of carbonyl (C=O) groups excluding carboxylic acids is 1. The van der Waals surface area contributed by atoms with Gasteiger partial charge in [0.2, 0.25) is 5.91 Å². The van der Waals surface area contributed by atoms with Crippen molar-refractivity contribution in [3.05, 3.63) is 77.4 Å².